The quantitative estimate of drug-likeness (QED) is 0.800. The summed E-state index contributed by atoms with van der Waals surface area (Å²) in [5.74, 6) is 1.41. The monoisotopic (exact) mass is 238 g/mol. The Bertz CT molecular complexity index is 430. The molecule has 3 nitrogen and oxygen atoms in total. The summed E-state index contributed by atoms with van der Waals surface area (Å²) in [6.45, 7) is 7.77. The highest BCUT2D eigenvalue weighted by Crippen LogP contribution is 2.23. The molecule has 0 aliphatic carbocycles. The Balaban J connectivity index is 2.69. The lowest BCUT2D eigenvalue weighted by atomic mass is 10.0. The van der Waals surface area contributed by atoms with Crippen LogP contribution in [0.4, 0.5) is 0 Å². The standard InChI is InChI=1S/C14H22O3/c1-9(2)7-5-6-8-12-10(3)13(15)11(4)14(16)17-12/h9,15H,5-8H2,1-4H3. The van der Waals surface area contributed by atoms with Gasteiger partial charge in [-0.05, 0) is 26.2 Å². The molecular formula is C14H22O3. The molecule has 1 rings (SSSR count). The van der Waals surface area contributed by atoms with Crippen molar-refractivity contribution < 1.29 is 9.52 Å². The first-order valence-corrected chi connectivity index (χ1v) is 6.25. The average molecular weight is 238 g/mol. The summed E-state index contributed by atoms with van der Waals surface area (Å²) >= 11 is 0. The molecule has 17 heavy (non-hydrogen) atoms. The van der Waals surface area contributed by atoms with Crippen LogP contribution < -0.4 is 5.63 Å². The van der Waals surface area contributed by atoms with E-state index >= 15 is 0 Å². The second-order valence-corrected chi connectivity index (χ2v) is 5.05. The van der Waals surface area contributed by atoms with Crippen molar-refractivity contribution >= 4 is 0 Å². The number of rotatable bonds is 5. The summed E-state index contributed by atoms with van der Waals surface area (Å²) in [5.41, 5.74) is 0.576. The first kappa shape index (κ1) is 13.8. The molecule has 0 aliphatic rings. The van der Waals surface area contributed by atoms with E-state index in [9.17, 15) is 9.90 Å². The van der Waals surface area contributed by atoms with E-state index in [2.05, 4.69) is 13.8 Å². The lowest BCUT2D eigenvalue weighted by Gasteiger charge is -2.08. The molecule has 1 N–H and O–H groups in total. The summed E-state index contributed by atoms with van der Waals surface area (Å²) < 4.78 is 5.21. The van der Waals surface area contributed by atoms with E-state index in [1.165, 1.54) is 6.42 Å². The topological polar surface area (TPSA) is 50.4 Å². The third-order valence-electron chi connectivity index (χ3n) is 3.09. The van der Waals surface area contributed by atoms with Crippen LogP contribution in [0.1, 0.15) is 50.0 Å². The Morgan fingerprint density at radius 2 is 1.82 bits per heavy atom. The van der Waals surface area contributed by atoms with Crippen LogP contribution in [0, 0.1) is 19.8 Å². The van der Waals surface area contributed by atoms with E-state index in [0.717, 1.165) is 19.3 Å². The van der Waals surface area contributed by atoms with Crippen molar-refractivity contribution in [3.63, 3.8) is 0 Å². The zero-order chi connectivity index (χ0) is 13.0. The van der Waals surface area contributed by atoms with Crippen LogP contribution >= 0.6 is 0 Å². The van der Waals surface area contributed by atoms with E-state index in [-0.39, 0.29) is 5.75 Å². The molecule has 0 bridgehead atoms. The van der Waals surface area contributed by atoms with Crippen molar-refractivity contribution in [2.45, 2.75) is 53.4 Å². The minimum atomic E-state index is -0.424. The van der Waals surface area contributed by atoms with Crippen molar-refractivity contribution in [3.05, 3.63) is 27.3 Å². The molecule has 0 radical (unpaired) electrons. The lowest BCUT2D eigenvalue weighted by Crippen LogP contribution is -2.07. The molecule has 0 aromatic carbocycles. The smallest absolute Gasteiger partial charge is 0.342 e. The van der Waals surface area contributed by atoms with E-state index in [1.807, 2.05) is 0 Å². The van der Waals surface area contributed by atoms with Gasteiger partial charge in [-0.1, -0.05) is 26.7 Å². The van der Waals surface area contributed by atoms with Crippen LogP contribution in [-0.2, 0) is 6.42 Å². The van der Waals surface area contributed by atoms with Crippen LogP contribution in [0.3, 0.4) is 0 Å². The molecule has 0 spiro atoms. The normalized spacial score (nSPS) is 11.1. The van der Waals surface area contributed by atoms with Crippen molar-refractivity contribution in [2.24, 2.45) is 5.92 Å². The zero-order valence-corrected chi connectivity index (χ0v) is 11.2. The van der Waals surface area contributed by atoms with Crippen molar-refractivity contribution in [2.75, 3.05) is 0 Å². The maximum absolute atomic E-state index is 11.4. The molecular weight excluding hydrogens is 216 g/mol. The highest BCUT2D eigenvalue weighted by atomic mass is 16.4. The SMILES string of the molecule is Cc1c(CCCCC(C)C)oc(=O)c(C)c1O. The fraction of sp³-hybridized carbons (Fsp3) is 0.643. The molecule has 0 saturated carbocycles. The van der Waals surface area contributed by atoms with Gasteiger partial charge in [0, 0.05) is 12.0 Å². The lowest BCUT2D eigenvalue weighted by molar-refractivity contribution is 0.403. The molecule has 0 unspecified atom stereocenters. The molecule has 1 aromatic heterocycles. The maximum atomic E-state index is 11.4. The van der Waals surface area contributed by atoms with Gasteiger partial charge in [0.25, 0.3) is 0 Å². The number of hydrogen-bond donors (Lipinski definition) is 1. The fourth-order valence-electron chi connectivity index (χ4n) is 1.85. The van der Waals surface area contributed by atoms with E-state index in [1.54, 1.807) is 13.8 Å². The number of hydrogen-bond acceptors (Lipinski definition) is 3. The maximum Gasteiger partial charge on any atom is 0.342 e. The summed E-state index contributed by atoms with van der Waals surface area (Å²) in [6, 6.07) is 0. The van der Waals surface area contributed by atoms with Gasteiger partial charge < -0.3 is 9.52 Å². The van der Waals surface area contributed by atoms with Gasteiger partial charge in [-0.3, -0.25) is 0 Å². The Kier molecular flexibility index (Phi) is 4.79. The van der Waals surface area contributed by atoms with Gasteiger partial charge in [0.05, 0.1) is 5.56 Å². The molecule has 0 atom stereocenters. The Morgan fingerprint density at radius 1 is 1.18 bits per heavy atom. The molecule has 96 valence electrons. The van der Waals surface area contributed by atoms with Crippen molar-refractivity contribution in [1.29, 1.82) is 0 Å². The third-order valence-corrected chi connectivity index (χ3v) is 3.09. The van der Waals surface area contributed by atoms with Gasteiger partial charge in [0.15, 0.2) is 0 Å². The number of aryl methyl sites for hydroxylation is 1. The van der Waals surface area contributed by atoms with Crippen LogP contribution in [0.5, 0.6) is 5.75 Å². The van der Waals surface area contributed by atoms with Crippen molar-refractivity contribution in [3.8, 4) is 5.75 Å². The molecule has 1 aromatic rings. The highest BCUT2D eigenvalue weighted by Gasteiger charge is 2.12. The van der Waals surface area contributed by atoms with Gasteiger partial charge >= 0.3 is 5.63 Å². The first-order chi connectivity index (χ1) is 7.93. The molecule has 3 heteroatoms. The predicted molar refractivity (Wildman–Crippen MR) is 68.5 cm³/mol. The Morgan fingerprint density at radius 3 is 2.41 bits per heavy atom. The molecule has 1 heterocycles. The minimum absolute atomic E-state index is 0.0834. The summed E-state index contributed by atoms with van der Waals surface area (Å²) in [6.07, 6.45) is 4.02. The largest absolute Gasteiger partial charge is 0.507 e. The molecule has 0 fully saturated rings. The van der Waals surface area contributed by atoms with Gasteiger partial charge in [-0.2, -0.15) is 0 Å². The summed E-state index contributed by atoms with van der Waals surface area (Å²) in [4.78, 5) is 11.4. The van der Waals surface area contributed by atoms with Gasteiger partial charge in [0.1, 0.15) is 11.5 Å². The summed E-state index contributed by atoms with van der Waals surface area (Å²) in [5, 5.41) is 9.75. The van der Waals surface area contributed by atoms with Crippen LogP contribution in [0.15, 0.2) is 9.21 Å². The number of unbranched alkanes of at least 4 members (excludes halogenated alkanes) is 1. The van der Waals surface area contributed by atoms with E-state index in [0.29, 0.717) is 22.8 Å². The highest BCUT2D eigenvalue weighted by molar-refractivity contribution is 5.37. The first-order valence-electron chi connectivity index (χ1n) is 6.25. The van der Waals surface area contributed by atoms with E-state index in [4.69, 9.17) is 4.42 Å². The molecule has 0 saturated heterocycles. The summed E-state index contributed by atoms with van der Waals surface area (Å²) in [7, 11) is 0. The predicted octanol–water partition coefficient (Wildman–Crippen LogP) is 3.33. The second kappa shape index (κ2) is 5.89. The average Bonchev–Trinajstić information content (AvgIpc) is 2.27. The minimum Gasteiger partial charge on any atom is -0.507 e. The van der Waals surface area contributed by atoms with Gasteiger partial charge in [0.2, 0.25) is 0 Å². The molecule has 0 aliphatic heterocycles. The van der Waals surface area contributed by atoms with Crippen LogP contribution in [-0.4, -0.2) is 5.11 Å². The zero-order valence-electron chi connectivity index (χ0n) is 11.2. The second-order valence-electron chi connectivity index (χ2n) is 5.05. The Labute approximate surface area is 102 Å². The van der Waals surface area contributed by atoms with Crippen molar-refractivity contribution in [1.82, 2.24) is 0 Å². The van der Waals surface area contributed by atoms with E-state index < -0.39 is 5.63 Å². The van der Waals surface area contributed by atoms with Gasteiger partial charge in [-0.25, -0.2) is 4.79 Å². The fourth-order valence-corrected chi connectivity index (χ4v) is 1.85. The van der Waals surface area contributed by atoms with Crippen LogP contribution in [0.25, 0.3) is 0 Å². The van der Waals surface area contributed by atoms with Crippen LogP contribution in [0.2, 0.25) is 0 Å². The third kappa shape index (κ3) is 3.62. The number of aromatic hydroxyl groups is 1. The Hall–Kier alpha value is -1.25. The van der Waals surface area contributed by atoms with Gasteiger partial charge in [-0.15, -0.1) is 0 Å². The molecule has 0 amide bonds.